The molecule has 0 heterocycles. The Morgan fingerprint density at radius 2 is 1.68 bits per heavy atom. The van der Waals surface area contributed by atoms with Crippen molar-refractivity contribution in [3.8, 4) is 0 Å². The molecule has 1 atom stereocenters. The van der Waals surface area contributed by atoms with Crippen molar-refractivity contribution in [2.24, 2.45) is 0 Å². The maximum atomic E-state index is 11.5. The number of aliphatic carboxylic acids is 1. The van der Waals surface area contributed by atoms with E-state index in [-0.39, 0.29) is 4.90 Å². The van der Waals surface area contributed by atoms with Crippen molar-refractivity contribution in [1.82, 2.24) is 0 Å². The number of hydrogen-bond acceptors (Lipinski definition) is 3. The van der Waals surface area contributed by atoms with Crippen molar-refractivity contribution >= 4 is 26.6 Å². The molecule has 0 saturated heterocycles. The van der Waals surface area contributed by atoms with E-state index in [4.69, 9.17) is 5.11 Å². The van der Waals surface area contributed by atoms with Gasteiger partial charge in [-0.15, -0.1) is 0 Å². The van der Waals surface area contributed by atoms with E-state index in [0.717, 1.165) is 17.0 Å². The molecule has 0 amide bonds. The number of carboxylic acids is 1. The molecule has 0 aromatic heterocycles. The zero-order valence-corrected chi connectivity index (χ0v) is 11.4. The topological polar surface area (TPSA) is 71.4 Å². The van der Waals surface area contributed by atoms with Gasteiger partial charge in [-0.2, -0.15) is 0 Å². The average Bonchev–Trinajstić information content (AvgIpc) is 2.35. The number of hydrogen-bond donors (Lipinski definition) is 1. The van der Waals surface area contributed by atoms with E-state index in [1.807, 2.05) is 0 Å². The summed E-state index contributed by atoms with van der Waals surface area (Å²) in [6.45, 7) is 1.62. The Morgan fingerprint density at radius 1 is 1.11 bits per heavy atom. The highest BCUT2D eigenvalue weighted by molar-refractivity contribution is 7.90. The van der Waals surface area contributed by atoms with Crippen LogP contribution in [-0.4, -0.2) is 25.7 Å². The molecule has 0 bridgehead atoms. The quantitative estimate of drug-likeness (QED) is 0.936. The molecule has 1 N–H and O–H groups in total. The Balaban J connectivity index is 2.55. The van der Waals surface area contributed by atoms with Crippen molar-refractivity contribution < 1.29 is 18.3 Å². The molecule has 2 rings (SSSR count). The molecule has 2 aromatic carbocycles. The van der Waals surface area contributed by atoms with E-state index in [1.165, 1.54) is 6.07 Å². The summed E-state index contributed by atoms with van der Waals surface area (Å²) in [5.74, 6) is -1.47. The second kappa shape index (κ2) is 4.66. The molecule has 0 saturated carbocycles. The average molecular weight is 278 g/mol. The minimum Gasteiger partial charge on any atom is -0.481 e. The fourth-order valence-corrected chi connectivity index (χ4v) is 2.54. The van der Waals surface area contributed by atoms with Gasteiger partial charge in [-0.1, -0.05) is 24.3 Å². The molecule has 2 aromatic rings. The number of rotatable bonds is 3. The Kier molecular flexibility index (Phi) is 3.32. The smallest absolute Gasteiger partial charge is 0.310 e. The third-order valence-electron chi connectivity index (χ3n) is 3.13. The van der Waals surface area contributed by atoms with E-state index in [0.29, 0.717) is 5.56 Å². The number of carbonyl (C=O) groups is 1. The molecule has 0 aliphatic heterocycles. The lowest BCUT2D eigenvalue weighted by Gasteiger charge is -2.08. The summed E-state index contributed by atoms with van der Waals surface area (Å²) in [7, 11) is -3.23. The third-order valence-corrected chi connectivity index (χ3v) is 4.24. The van der Waals surface area contributed by atoms with Gasteiger partial charge in [0, 0.05) is 6.26 Å². The zero-order valence-electron chi connectivity index (χ0n) is 10.6. The fraction of sp³-hybridized carbons (Fsp3) is 0.214. The minimum atomic E-state index is -3.23. The lowest BCUT2D eigenvalue weighted by atomic mass is 9.98. The minimum absolute atomic E-state index is 0.263. The number of fused-ring (bicyclic) bond motifs is 1. The Bertz CT molecular complexity index is 747. The first kappa shape index (κ1) is 13.5. The van der Waals surface area contributed by atoms with Gasteiger partial charge in [-0.25, -0.2) is 8.42 Å². The molecule has 4 nitrogen and oxygen atoms in total. The van der Waals surface area contributed by atoms with Gasteiger partial charge in [0.2, 0.25) is 0 Å². The molecule has 19 heavy (non-hydrogen) atoms. The second-order valence-corrected chi connectivity index (χ2v) is 6.62. The van der Waals surface area contributed by atoms with E-state index in [2.05, 4.69) is 0 Å². The normalized spacial score (nSPS) is 13.4. The molecule has 0 radical (unpaired) electrons. The van der Waals surface area contributed by atoms with Crippen molar-refractivity contribution in [2.75, 3.05) is 6.26 Å². The van der Waals surface area contributed by atoms with Crippen LogP contribution in [0.1, 0.15) is 18.4 Å². The first-order chi connectivity index (χ1) is 8.79. The van der Waals surface area contributed by atoms with Crippen LogP contribution in [-0.2, 0) is 14.6 Å². The van der Waals surface area contributed by atoms with Gasteiger partial charge in [-0.05, 0) is 35.4 Å². The summed E-state index contributed by atoms with van der Waals surface area (Å²) >= 11 is 0. The number of carboxylic acid groups (broad SMARTS) is 1. The predicted octanol–water partition coefficient (Wildman–Crippen LogP) is 2.43. The summed E-state index contributed by atoms with van der Waals surface area (Å²) in [4.78, 5) is 11.2. The van der Waals surface area contributed by atoms with Gasteiger partial charge in [0.05, 0.1) is 10.8 Å². The highest BCUT2D eigenvalue weighted by Gasteiger charge is 2.14. The standard InChI is InChI=1S/C14H14O4S/c1-9(14(15)16)10-3-4-12-8-13(19(2,17)18)6-5-11(12)7-10/h3-9H,1-2H3,(H,15,16)/t9-/m0/s1. The van der Waals surface area contributed by atoms with Gasteiger partial charge in [0.1, 0.15) is 0 Å². The van der Waals surface area contributed by atoms with E-state index in [1.54, 1.807) is 37.3 Å². The van der Waals surface area contributed by atoms with Gasteiger partial charge in [0.25, 0.3) is 0 Å². The molecular formula is C14H14O4S. The van der Waals surface area contributed by atoms with E-state index >= 15 is 0 Å². The molecule has 0 spiro atoms. The lowest BCUT2D eigenvalue weighted by Crippen LogP contribution is -2.07. The van der Waals surface area contributed by atoms with E-state index in [9.17, 15) is 13.2 Å². The van der Waals surface area contributed by atoms with Crippen LogP contribution in [0, 0.1) is 0 Å². The van der Waals surface area contributed by atoms with Crippen LogP contribution in [0.25, 0.3) is 10.8 Å². The Hall–Kier alpha value is -1.88. The maximum absolute atomic E-state index is 11.5. The monoisotopic (exact) mass is 278 g/mol. The number of benzene rings is 2. The van der Waals surface area contributed by atoms with Gasteiger partial charge in [-0.3, -0.25) is 4.79 Å². The van der Waals surface area contributed by atoms with Crippen LogP contribution >= 0.6 is 0 Å². The third kappa shape index (κ3) is 2.76. The molecule has 100 valence electrons. The zero-order chi connectivity index (χ0) is 14.2. The van der Waals surface area contributed by atoms with E-state index < -0.39 is 21.7 Å². The molecule has 0 aliphatic rings. The predicted molar refractivity (Wildman–Crippen MR) is 73.1 cm³/mol. The largest absolute Gasteiger partial charge is 0.481 e. The summed E-state index contributed by atoms with van der Waals surface area (Å²) < 4.78 is 22.9. The van der Waals surface area contributed by atoms with Gasteiger partial charge in [0.15, 0.2) is 9.84 Å². The summed E-state index contributed by atoms with van der Waals surface area (Å²) in [5.41, 5.74) is 0.701. The number of sulfone groups is 1. The molecule has 0 fully saturated rings. The van der Waals surface area contributed by atoms with Gasteiger partial charge < -0.3 is 5.11 Å². The summed E-state index contributed by atoms with van der Waals surface area (Å²) in [6, 6.07) is 10.1. The van der Waals surface area contributed by atoms with Crippen molar-refractivity contribution in [3.63, 3.8) is 0 Å². The fourth-order valence-electron chi connectivity index (χ4n) is 1.88. The van der Waals surface area contributed by atoms with Crippen molar-refractivity contribution in [2.45, 2.75) is 17.7 Å². The Morgan fingerprint density at radius 3 is 2.26 bits per heavy atom. The highest BCUT2D eigenvalue weighted by atomic mass is 32.2. The highest BCUT2D eigenvalue weighted by Crippen LogP contribution is 2.24. The SMILES string of the molecule is C[C@H](C(=O)O)c1ccc2cc(S(C)(=O)=O)ccc2c1. The van der Waals surface area contributed by atoms with Crippen molar-refractivity contribution in [1.29, 1.82) is 0 Å². The maximum Gasteiger partial charge on any atom is 0.310 e. The molecule has 0 unspecified atom stereocenters. The second-order valence-electron chi connectivity index (χ2n) is 4.60. The lowest BCUT2D eigenvalue weighted by molar-refractivity contribution is -0.138. The first-order valence-corrected chi connectivity index (χ1v) is 7.65. The van der Waals surface area contributed by atoms with Crippen LogP contribution in [0.3, 0.4) is 0 Å². The molecule has 0 aliphatic carbocycles. The van der Waals surface area contributed by atoms with Crippen molar-refractivity contribution in [3.05, 3.63) is 42.0 Å². The summed E-state index contributed by atoms with van der Waals surface area (Å²) in [6.07, 6.45) is 1.16. The van der Waals surface area contributed by atoms with Crippen LogP contribution in [0.15, 0.2) is 41.3 Å². The van der Waals surface area contributed by atoms with Crippen LogP contribution in [0.4, 0.5) is 0 Å². The Labute approximate surface area is 111 Å². The molecule has 5 heteroatoms. The van der Waals surface area contributed by atoms with Crippen LogP contribution in [0.5, 0.6) is 0 Å². The molecular weight excluding hydrogens is 264 g/mol. The van der Waals surface area contributed by atoms with Gasteiger partial charge >= 0.3 is 5.97 Å². The van der Waals surface area contributed by atoms with Crippen LogP contribution in [0.2, 0.25) is 0 Å². The first-order valence-electron chi connectivity index (χ1n) is 5.75. The van der Waals surface area contributed by atoms with Crippen LogP contribution < -0.4 is 0 Å². The summed E-state index contributed by atoms with van der Waals surface area (Å²) in [5, 5.41) is 10.6.